The van der Waals surface area contributed by atoms with Crippen LogP contribution in [0.2, 0.25) is 0 Å². The first-order valence-electron chi connectivity index (χ1n) is 8.46. The van der Waals surface area contributed by atoms with Crippen LogP contribution in [0.5, 0.6) is 0 Å². The molecule has 0 N–H and O–H groups in total. The largest absolute Gasteiger partial charge is 0.336 e. The number of hydrogen-bond donors (Lipinski definition) is 0. The monoisotopic (exact) mass is 330 g/mol. The summed E-state index contributed by atoms with van der Waals surface area (Å²) in [5.41, 5.74) is 1.02. The van der Waals surface area contributed by atoms with Crippen LogP contribution in [0.1, 0.15) is 38.3 Å². The zero-order valence-corrected chi connectivity index (χ0v) is 14.7. The highest BCUT2D eigenvalue weighted by molar-refractivity contribution is 6.17. The van der Waals surface area contributed by atoms with Crippen molar-refractivity contribution in [1.29, 1.82) is 0 Å². The van der Waals surface area contributed by atoms with Crippen molar-refractivity contribution < 1.29 is 14.4 Å². The van der Waals surface area contributed by atoms with Gasteiger partial charge in [0.25, 0.3) is 0 Å². The molecule has 0 radical (unpaired) electrons. The topological polar surface area (TPSA) is 57.7 Å². The van der Waals surface area contributed by atoms with Crippen LogP contribution in [0.15, 0.2) is 30.3 Å². The standard InChI is InChI=1S/C19H26N2O3/c1-14(22)18(15(2)23)19(24)20(3)17(13-21-11-7-8-12-21)16-9-5-4-6-10-16/h4-6,9-10,17-18H,7-8,11-13H2,1-3H3/t17-/m1/s1. The molecule has 1 heterocycles. The van der Waals surface area contributed by atoms with Crippen LogP contribution in [-0.4, -0.2) is 54.0 Å². The Morgan fingerprint density at radius 1 is 1.04 bits per heavy atom. The molecular formula is C19H26N2O3. The van der Waals surface area contributed by atoms with Gasteiger partial charge in [-0.15, -0.1) is 0 Å². The van der Waals surface area contributed by atoms with Crippen molar-refractivity contribution in [2.45, 2.75) is 32.7 Å². The first-order chi connectivity index (χ1) is 11.4. The molecule has 24 heavy (non-hydrogen) atoms. The molecule has 1 aliphatic heterocycles. The van der Waals surface area contributed by atoms with Gasteiger partial charge in [-0.25, -0.2) is 0 Å². The quantitative estimate of drug-likeness (QED) is 0.718. The predicted molar refractivity (Wildman–Crippen MR) is 92.5 cm³/mol. The summed E-state index contributed by atoms with van der Waals surface area (Å²) < 4.78 is 0. The SMILES string of the molecule is CC(=O)C(C(C)=O)C(=O)N(C)[C@H](CN1CCCC1)c1ccccc1. The molecule has 5 nitrogen and oxygen atoms in total. The Balaban J connectivity index is 2.26. The fraction of sp³-hybridized carbons (Fsp3) is 0.526. The summed E-state index contributed by atoms with van der Waals surface area (Å²) in [6, 6.07) is 9.63. The zero-order chi connectivity index (χ0) is 17.7. The van der Waals surface area contributed by atoms with E-state index in [1.807, 2.05) is 30.3 Å². The van der Waals surface area contributed by atoms with Crippen molar-refractivity contribution >= 4 is 17.5 Å². The summed E-state index contributed by atoms with van der Waals surface area (Å²) in [5, 5.41) is 0. The average molecular weight is 330 g/mol. The molecule has 1 saturated heterocycles. The van der Waals surface area contributed by atoms with Gasteiger partial charge >= 0.3 is 0 Å². The van der Waals surface area contributed by atoms with Gasteiger partial charge in [0.05, 0.1) is 6.04 Å². The van der Waals surface area contributed by atoms with Gasteiger partial charge < -0.3 is 9.80 Å². The minimum atomic E-state index is -1.19. The highest BCUT2D eigenvalue weighted by atomic mass is 16.2. The molecule has 0 saturated carbocycles. The lowest BCUT2D eigenvalue weighted by Gasteiger charge is -2.33. The highest BCUT2D eigenvalue weighted by Gasteiger charge is 2.34. The van der Waals surface area contributed by atoms with E-state index in [0.29, 0.717) is 0 Å². The molecule has 5 heteroatoms. The lowest BCUT2D eigenvalue weighted by Crippen LogP contribution is -2.44. The number of nitrogens with zero attached hydrogens (tertiary/aromatic N) is 2. The molecule has 0 bridgehead atoms. The van der Waals surface area contributed by atoms with Gasteiger partial charge in [-0.2, -0.15) is 0 Å². The molecule has 0 aromatic heterocycles. The number of likely N-dealkylation sites (tertiary alicyclic amines) is 1. The second-order valence-corrected chi connectivity index (χ2v) is 6.54. The van der Waals surface area contributed by atoms with E-state index in [-0.39, 0.29) is 6.04 Å². The molecular weight excluding hydrogens is 304 g/mol. The number of Topliss-reactive ketones (excluding diaryl/α,β-unsaturated/α-hetero) is 2. The van der Waals surface area contributed by atoms with Gasteiger partial charge in [0.15, 0.2) is 5.92 Å². The fourth-order valence-corrected chi connectivity index (χ4v) is 3.33. The van der Waals surface area contributed by atoms with Crippen molar-refractivity contribution in [2.75, 3.05) is 26.7 Å². The maximum Gasteiger partial charge on any atom is 0.240 e. The first-order valence-corrected chi connectivity index (χ1v) is 8.46. The van der Waals surface area contributed by atoms with Gasteiger partial charge in [0.1, 0.15) is 11.6 Å². The van der Waals surface area contributed by atoms with E-state index in [1.165, 1.54) is 26.7 Å². The maximum atomic E-state index is 12.8. The number of hydrogen-bond acceptors (Lipinski definition) is 4. The molecule has 1 aromatic carbocycles. The third kappa shape index (κ3) is 4.29. The van der Waals surface area contributed by atoms with Crippen LogP contribution in [0.3, 0.4) is 0 Å². The minimum absolute atomic E-state index is 0.169. The maximum absolute atomic E-state index is 12.8. The average Bonchev–Trinajstić information content (AvgIpc) is 3.05. The van der Waals surface area contributed by atoms with Gasteiger partial charge in [-0.3, -0.25) is 14.4 Å². The van der Waals surface area contributed by atoms with Crippen molar-refractivity contribution in [3.63, 3.8) is 0 Å². The molecule has 0 spiro atoms. The van der Waals surface area contributed by atoms with E-state index >= 15 is 0 Å². The van der Waals surface area contributed by atoms with E-state index in [0.717, 1.165) is 25.2 Å². The second kappa shape index (κ2) is 8.20. The summed E-state index contributed by atoms with van der Waals surface area (Å²) in [4.78, 5) is 40.2. The minimum Gasteiger partial charge on any atom is -0.336 e. The fourth-order valence-electron chi connectivity index (χ4n) is 3.33. The summed E-state index contributed by atoms with van der Waals surface area (Å²) in [7, 11) is 1.69. The van der Waals surface area contributed by atoms with E-state index in [4.69, 9.17) is 0 Å². The molecule has 0 aliphatic carbocycles. The summed E-state index contributed by atoms with van der Waals surface area (Å²) >= 11 is 0. The van der Waals surface area contributed by atoms with Crippen LogP contribution in [0.25, 0.3) is 0 Å². The van der Waals surface area contributed by atoms with E-state index in [9.17, 15) is 14.4 Å². The molecule has 1 aliphatic rings. The Labute approximate surface area is 143 Å². The Bertz CT molecular complexity index is 580. The van der Waals surface area contributed by atoms with Gasteiger partial charge in [0.2, 0.25) is 5.91 Å². The Morgan fingerprint density at radius 3 is 2.08 bits per heavy atom. The Morgan fingerprint density at radius 2 is 1.58 bits per heavy atom. The number of likely N-dealkylation sites (N-methyl/N-ethyl adjacent to an activating group) is 1. The summed E-state index contributed by atoms with van der Waals surface area (Å²) in [6.07, 6.45) is 2.34. The number of amides is 1. The normalized spacial score (nSPS) is 16.2. The molecule has 2 rings (SSSR count). The van der Waals surface area contributed by atoms with E-state index < -0.39 is 23.4 Å². The van der Waals surface area contributed by atoms with Crippen LogP contribution in [-0.2, 0) is 14.4 Å². The zero-order valence-electron chi connectivity index (χ0n) is 14.7. The second-order valence-electron chi connectivity index (χ2n) is 6.54. The van der Waals surface area contributed by atoms with Crippen molar-refractivity contribution in [2.24, 2.45) is 5.92 Å². The Hall–Kier alpha value is -2.01. The highest BCUT2D eigenvalue weighted by Crippen LogP contribution is 2.24. The Kier molecular flexibility index (Phi) is 6.26. The number of carbonyl (C=O) groups excluding carboxylic acids is 3. The lowest BCUT2D eigenvalue weighted by molar-refractivity contribution is -0.146. The van der Waals surface area contributed by atoms with Crippen LogP contribution >= 0.6 is 0 Å². The van der Waals surface area contributed by atoms with Gasteiger partial charge in [0, 0.05) is 13.6 Å². The molecule has 130 valence electrons. The molecule has 1 amide bonds. The number of ketones is 2. The van der Waals surface area contributed by atoms with Crippen molar-refractivity contribution in [3.05, 3.63) is 35.9 Å². The van der Waals surface area contributed by atoms with E-state index in [2.05, 4.69) is 4.90 Å². The third-order valence-electron chi connectivity index (χ3n) is 4.69. The van der Waals surface area contributed by atoms with Gasteiger partial charge in [-0.1, -0.05) is 30.3 Å². The van der Waals surface area contributed by atoms with Crippen molar-refractivity contribution in [1.82, 2.24) is 9.80 Å². The van der Waals surface area contributed by atoms with E-state index in [1.54, 1.807) is 11.9 Å². The van der Waals surface area contributed by atoms with Crippen LogP contribution in [0.4, 0.5) is 0 Å². The van der Waals surface area contributed by atoms with Crippen molar-refractivity contribution in [3.8, 4) is 0 Å². The first kappa shape index (κ1) is 18.3. The van der Waals surface area contributed by atoms with Crippen LogP contribution < -0.4 is 0 Å². The predicted octanol–water partition coefficient (Wildman–Crippen LogP) is 2.08. The molecule has 1 atom stereocenters. The number of carbonyl (C=O) groups is 3. The molecule has 1 aromatic rings. The molecule has 1 fully saturated rings. The lowest BCUT2D eigenvalue weighted by atomic mass is 9.97. The third-order valence-corrected chi connectivity index (χ3v) is 4.69. The number of benzene rings is 1. The summed E-state index contributed by atoms with van der Waals surface area (Å²) in [6.45, 7) is 5.36. The van der Waals surface area contributed by atoms with Gasteiger partial charge in [-0.05, 0) is 45.3 Å². The smallest absolute Gasteiger partial charge is 0.240 e. The molecule has 0 unspecified atom stereocenters. The summed E-state index contributed by atoms with van der Waals surface area (Å²) in [5.74, 6) is -2.40. The number of rotatable bonds is 7. The van der Waals surface area contributed by atoms with Crippen LogP contribution in [0, 0.1) is 5.92 Å².